The van der Waals surface area contributed by atoms with Crippen LogP contribution in [0.15, 0.2) is 34.3 Å². The summed E-state index contributed by atoms with van der Waals surface area (Å²) >= 11 is 0. The number of nitriles is 1. The van der Waals surface area contributed by atoms with Gasteiger partial charge in [0.05, 0.1) is 10.6 Å². The summed E-state index contributed by atoms with van der Waals surface area (Å²) in [5.74, 6) is -0.987. The Balaban J connectivity index is 2.89. The highest BCUT2D eigenvalue weighted by Gasteiger charge is 2.08. The molecule has 0 unspecified atom stereocenters. The molecule has 0 saturated heterocycles. The standard InChI is InChI=1S/C9H8N4O4S/c10-5-8(9(11)14)13-12-6-1-3-7(4-2-6)18(15,16)17/h1-4,12H,(H2,11,14)(H,15,16,17)/b13-8+. The highest BCUT2D eigenvalue weighted by atomic mass is 32.2. The molecule has 0 spiro atoms. The van der Waals surface area contributed by atoms with Crippen molar-refractivity contribution in [3.8, 4) is 6.07 Å². The highest BCUT2D eigenvalue weighted by Crippen LogP contribution is 2.13. The molecule has 0 aliphatic heterocycles. The number of carbonyl (C=O) groups excluding carboxylic acids is 1. The molecule has 1 aromatic carbocycles. The van der Waals surface area contributed by atoms with Crippen LogP contribution in [0.25, 0.3) is 0 Å². The van der Waals surface area contributed by atoms with Crippen LogP contribution in [0.1, 0.15) is 0 Å². The summed E-state index contributed by atoms with van der Waals surface area (Å²) < 4.78 is 30.2. The van der Waals surface area contributed by atoms with Crippen LogP contribution in [0, 0.1) is 11.3 Å². The van der Waals surface area contributed by atoms with Crippen molar-refractivity contribution in [1.82, 2.24) is 0 Å². The van der Waals surface area contributed by atoms with E-state index in [-0.39, 0.29) is 4.90 Å². The van der Waals surface area contributed by atoms with Crippen LogP contribution in [0.2, 0.25) is 0 Å². The summed E-state index contributed by atoms with van der Waals surface area (Å²) in [6.07, 6.45) is 0. The Morgan fingerprint density at radius 2 is 1.94 bits per heavy atom. The molecule has 0 radical (unpaired) electrons. The minimum atomic E-state index is -4.26. The number of anilines is 1. The first-order valence-electron chi connectivity index (χ1n) is 4.46. The van der Waals surface area contributed by atoms with Crippen LogP contribution in [-0.4, -0.2) is 24.6 Å². The predicted octanol–water partition coefficient (Wildman–Crippen LogP) is -0.290. The molecule has 1 amide bonds. The summed E-state index contributed by atoms with van der Waals surface area (Å²) in [6.45, 7) is 0. The number of benzene rings is 1. The molecule has 9 heteroatoms. The van der Waals surface area contributed by atoms with Crippen LogP contribution in [0.5, 0.6) is 0 Å². The number of nitrogens with one attached hydrogen (secondary N) is 1. The minimum absolute atomic E-state index is 0.285. The fourth-order valence-corrected chi connectivity index (χ4v) is 1.44. The highest BCUT2D eigenvalue weighted by molar-refractivity contribution is 7.85. The Morgan fingerprint density at radius 1 is 1.39 bits per heavy atom. The normalized spacial score (nSPS) is 11.7. The van der Waals surface area contributed by atoms with Crippen molar-refractivity contribution in [3.63, 3.8) is 0 Å². The molecule has 0 aliphatic carbocycles. The van der Waals surface area contributed by atoms with Crippen LogP contribution in [0.3, 0.4) is 0 Å². The number of carbonyl (C=O) groups is 1. The van der Waals surface area contributed by atoms with E-state index in [1.54, 1.807) is 0 Å². The molecular formula is C9H8N4O4S. The Labute approximate surface area is 102 Å². The zero-order chi connectivity index (χ0) is 13.8. The van der Waals surface area contributed by atoms with Gasteiger partial charge >= 0.3 is 0 Å². The van der Waals surface area contributed by atoms with E-state index >= 15 is 0 Å². The van der Waals surface area contributed by atoms with Crippen molar-refractivity contribution in [2.24, 2.45) is 10.8 Å². The predicted molar refractivity (Wildman–Crippen MR) is 62.1 cm³/mol. The molecule has 0 fully saturated rings. The maximum absolute atomic E-state index is 10.7. The first-order chi connectivity index (χ1) is 8.34. The number of rotatable bonds is 4. The van der Waals surface area contributed by atoms with Gasteiger partial charge in [-0.3, -0.25) is 14.8 Å². The van der Waals surface area contributed by atoms with Gasteiger partial charge in [-0.1, -0.05) is 0 Å². The lowest BCUT2D eigenvalue weighted by atomic mass is 10.3. The van der Waals surface area contributed by atoms with Crippen LogP contribution < -0.4 is 11.2 Å². The Bertz CT molecular complexity index is 628. The van der Waals surface area contributed by atoms with Crippen molar-refractivity contribution in [2.75, 3.05) is 5.43 Å². The Hall–Kier alpha value is -2.44. The summed E-state index contributed by atoms with van der Waals surface area (Å²) in [6, 6.07) is 6.33. The molecule has 1 rings (SSSR count). The van der Waals surface area contributed by atoms with Gasteiger partial charge in [0.15, 0.2) is 0 Å². The van der Waals surface area contributed by atoms with E-state index in [1.807, 2.05) is 0 Å². The SMILES string of the molecule is N#C/C(=N\Nc1ccc(S(=O)(=O)O)cc1)C(N)=O. The third-order valence-corrected chi connectivity index (χ3v) is 2.66. The lowest BCUT2D eigenvalue weighted by Crippen LogP contribution is -2.22. The molecule has 0 bridgehead atoms. The van der Waals surface area contributed by atoms with Crippen molar-refractivity contribution in [1.29, 1.82) is 5.26 Å². The van der Waals surface area contributed by atoms with E-state index in [0.717, 1.165) is 12.1 Å². The van der Waals surface area contributed by atoms with E-state index in [2.05, 4.69) is 10.5 Å². The molecule has 18 heavy (non-hydrogen) atoms. The summed E-state index contributed by atoms with van der Waals surface area (Å²) in [5, 5.41) is 11.9. The zero-order valence-corrected chi connectivity index (χ0v) is 9.68. The van der Waals surface area contributed by atoms with Gasteiger partial charge in [-0.05, 0) is 24.3 Å². The number of hydrogen-bond acceptors (Lipinski definition) is 6. The molecule has 0 heterocycles. The average Bonchev–Trinajstić information content (AvgIpc) is 2.29. The number of amides is 1. The monoisotopic (exact) mass is 268 g/mol. The van der Waals surface area contributed by atoms with E-state index in [1.165, 1.54) is 18.2 Å². The summed E-state index contributed by atoms with van der Waals surface area (Å²) in [5.41, 5.74) is 6.99. The first kappa shape index (κ1) is 13.6. The second-order valence-corrected chi connectivity index (χ2v) is 4.47. The number of hydrazone groups is 1. The molecule has 1 aromatic rings. The van der Waals surface area contributed by atoms with Crippen LogP contribution in [-0.2, 0) is 14.9 Å². The molecule has 94 valence electrons. The van der Waals surface area contributed by atoms with E-state index in [9.17, 15) is 13.2 Å². The summed E-state index contributed by atoms with van der Waals surface area (Å²) in [4.78, 5) is 10.4. The number of nitrogens with two attached hydrogens (primary N) is 1. The van der Waals surface area contributed by atoms with Gasteiger partial charge in [-0.15, -0.1) is 0 Å². The largest absolute Gasteiger partial charge is 0.364 e. The molecule has 0 aliphatic rings. The van der Waals surface area contributed by atoms with Gasteiger partial charge in [-0.2, -0.15) is 18.8 Å². The van der Waals surface area contributed by atoms with Crippen molar-refractivity contribution in [2.45, 2.75) is 4.90 Å². The zero-order valence-electron chi connectivity index (χ0n) is 8.86. The Morgan fingerprint density at radius 3 is 2.33 bits per heavy atom. The molecule has 0 saturated carbocycles. The van der Waals surface area contributed by atoms with E-state index in [4.69, 9.17) is 15.5 Å². The maximum Gasteiger partial charge on any atom is 0.294 e. The summed E-state index contributed by atoms with van der Waals surface area (Å²) in [7, 11) is -4.26. The van der Waals surface area contributed by atoms with E-state index < -0.39 is 21.7 Å². The molecular weight excluding hydrogens is 260 g/mol. The van der Waals surface area contributed by atoms with Gasteiger partial charge in [0.2, 0.25) is 5.71 Å². The fraction of sp³-hybridized carbons (Fsp3) is 0. The Kier molecular flexibility index (Phi) is 3.98. The maximum atomic E-state index is 10.7. The van der Waals surface area contributed by atoms with Crippen molar-refractivity contribution >= 4 is 27.4 Å². The van der Waals surface area contributed by atoms with Crippen molar-refractivity contribution in [3.05, 3.63) is 24.3 Å². The average molecular weight is 268 g/mol. The number of nitrogens with zero attached hydrogens (tertiary/aromatic N) is 2. The van der Waals surface area contributed by atoms with E-state index in [0.29, 0.717) is 5.69 Å². The smallest absolute Gasteiger partial charge is 0.294 e. The molecule has 0 atom stereocenters. The second kappa shape index (κ2) is 5.26. The third kappa shape index (κ3) is 3.55. The van der Waals surface area contributed by atoms with Gasteiger partial charge < -0.3 is 5.73 Å². The first-order valence-corrected chi connectivity index (χ1v) is 5.90. The lowest BCUT2D eigenvalue weighted by Gasteiger charge is -2.01. The van der Waals surface area contributed by atoms with Gasteiger partial charge in [0.1, 0.15) is 6.07 Å². The quantitative estimate of drug-likeness (QED) is 0.388. The van der Waals surface area contributed by atoms with Crippen LogP contribution in [0.4, 0.5) is 5.69 Å². The van der Waals surface area contributed by atoms with Gasteiger partial charge in [-0.25, -0.2) is 0 Å². The van der Waals surface area contributed by atoms with Gasteiger partial charge in [0.25, 0.3) is 16.0 Å². The van der Waals surface area contributed by atoms with Crippen LogP contribution >= 0.6 is 0 Å². The second-order valence-electron chi connectivity index (χ2n) is 3.05. The third-order valence-electron chi connectivity index (χ3n) is 1.79. The fourth-order valence-electron chi connectivity index (χ4n) is 0.957. The number of primary amides is 1. The minimum Gasteiger partial charge on any atom is -0.364 e. The molecule has 8 nitrogen and oxygen atoms in total. The molecule has 0 aromatic heterocycles. The molecule has 4 N–H and O–H groups in total. The lowest BCUT2D eigenvalue weighted by molar-refractivity contribution is -0.111. The van der Waals surface area contributed by atoms with Gasteiger partial charge in [0, 0.05) is 0 Å². The number of hydrogen-bond donors (Lipinski definition) is 3. The van der Waals surface area contributed by atoms with Crippen molar-refractivity contribution < 1.29 is 17.8 Å². The topological polar surface area (TPSA) is 146 Å².